The molecule has 0 heterocycles. The Labute approximate surface area is 108 Å². The van der Waals surface area contributed by atoms with Crippen molar-refractivity contribution in [2.24, 2.45) is 5.41 Å². The van der Waals surface area contributed by atoms with Gasteiger partial charge >= 0.3 is 5.97 Å². The van der Waals surface area contributed by atoms with Crippen molar-refractivity contribution in [3.05, 3.63) is 0 Å². The van der Waals surface area contributed by atoms with E-state index in [1.165, 1.54) is 4.90 Å². The first kappa shape index (κ1) is 16.9. The van der Waals surface area contributed by atoms with Crippen LogP contribution in [0.5, 0.6) is 0 Å². The zero-order valence-electron chi connectivity index (χ0n) is 11.3. The Kier molecular flexibility index (Phi) is 7.54. The monoisotopic (exact) mass is 261 g/mol. The summed E-state index contributed by atoms with van der Waals surface area (Å²) in [5.41, 5.74) is -0.546. The van der Waals surface area contributed by atoms with E-state index in [-0.39, 0.29) is 32.1 Å². The number of hydrogen-bond donors (Lipinski definition) is 2. The quantitative estimate of drug-likeness (QED) is 0.615. The number of carbonyl (C=O) groups is 2. The number of aliphatic carboxylic acids is 1. The van der Waals surface area contributed by atoms with Crippen molar-refractivity contribution >= 4 is 11.9 Å². The molecule has 0 aromatic rings. The summed E-state index contributed by atoms with van der Waals surface area (Å²) in [6.07, 6.45) is -0.0815. The summed E-state index contributed by atoms with van der Waals surface area (Å²) in [5.74, 6) is -1.03. The number of carboxylic acids is 1. The maximum Gasteiger partial charge on any atom is 0.305 e. The molecule has 0 unspecified atom stereocenters. The van der Waals surface area contributed by atoms with Crippen LogP contribution in [-0.2, 0) is 14.3 Å². The van der Waals surface area contributed by atoms with Gasteiger partial charge in [-0.05, 0) is 0 Å². The smallest absolute Gasteiger partial charge is 0.305 e. The molecule has 0 aromatic carbocycles. The number of amides is 1. The van der Waals surface area contributed by atoms with Crippen LogP contribution < -0.4 is 0 Å². The Bertz CT molecular complexity index is 272. The zero-order valence-corrected chi connectivity index (χ0v) is 11.3. The lowest BCUT2D eigenvalue weighted by molar-refractivity contribution is -0.142. The van der Waals surface area contributed by atoms with Gasteiger partial charge in [0.05, 0.1) is 26.2 Å². The number of nitrogens with zero attached hydrogens (tertiary/aromatic N) is 1. The molecule has 2 N–H and O–H groups in total. The van der Waals surface area contributed by atoms with Crippen LogP contribution in [0.3, 0.4) is 0 Å². The fourth-order valence-electron chi connectivity index (χ4n) is 1.36. The molecule has 18 heavy (non-hydrogen) atoms. The second kappa shape index (κ2) is 8.05. The molecular weight excluding hydrogens is 238 g/mol. The molecule has 1 amide bonds. The number of hydrogen-bond acceptors (Lipinski definition) is 4. The highest BCUT2D eigenvalue weighted by Gasteiger charge is 2.27. The summed E-state index contributed by atoms with van der Waals surface area (Å²) in [7, 11) is 0. The highest BCUT2D eigenvalue weighted by Crippen LogP contribution is 2.17. The maximum absolute atomic E-state index is 12.1. The Balaban J connectivity index is 4.33. The summed E-state index contributed by atoms with van der Waals surface area (Å²) >= 11 is 0. The van der Waals surface area contributed by atoms with Gasteiger partial charge in [0.2, 0.25) is 5.91 Å². The van der Waals surface area contributed by atoms with E-state index >= 15 is 0 Å². The van der Waals surface area contributed by atoms with E-state index in [9.17, 15) is 9.59 Å². The lowest BCUT2D eigenvalue weighted by Gasteiger charge is -2.29. The highest BCUT2D eigenvalue weighted by atomic mass is 16.5. The number of carboxylic acid groups (broad SMARTS) is 1. The van der Waals surface area contributed by atoms with E-state index < -0.39 is 11.4 Å². The third kappa shape index (κ3) is 7.24. The Morgan fingerprint density at radius 3 is 2.22 bits per heavy atom. The van der Waals surface area contributed by atoms with E-state index in [0.717, 1.165) is 0 Å². The van der Waals surface area contributed by atoms with Gasteiger partial charge < -0.3 is 19.8 Å². The minimum Gasteiger partial charge on any atom is -0.481 e. The molecule has 0 fully saturated rings. The third-order valence-electron chi connectivity index (χ3n) is 2.27. The third-order valence-corrected chi connectivity index (χ3v) is 2.27. The fourth-order valence-corrected chi connectivity index (χ4v) is 1.36. The summed E-state index contributed by atoms with van der Waals surface area (Å²) in [4.78, 5) is 24.1. The van der Waals surface area contributed by atoms with E-state index in [0.29, 0.717) is 13.2 Å². The number of ether oxygens (including phenoxy) is 1. The van der Waals surface area contributed by atoms with E-state index in [4.69, 9.17) is 14.9 Å². The molecule has 0 aliphatic heterocycles. The van der Waals surface area contributed by atoms with Crippen LogP contribution in [0.2, 0.25) is 0 Å². The molecule has 6 nitrogen and oxygen atoms in total. The van der Waals surface area contributed by atoms with Crippen LogP contribution in [0.4, 0.5) is 0 Å². The van der Waals surface area contributed by atoms with Gasteiger partial charge in [-0.3, -0.25) is 9.59 Å². The van der Waals surface area contributed by atoms with Crippen molar-refractivity contribution in [2.75, 3.05) is 32.9 Å². The first-order chi connectivity index (χ1) is 8.29. The Morgan fingerprint density at radius 2 is 1.78 bits per heavy atom. The normalized spacial score (nSPS) is 11.3. The minimum absolute atomic E-state index is 0.0671. The molecular formula is C12H23NO5. The number of aliphatic hydroxyl groups is 1. The molecule has 0 saturated heterocycles. The summed E-state index contributed by atoms with van der Waals surface area (Å²) in [5, 5.41) is 17.2. The van der Waals surface area contributed by atoms with Gasteiger partial charge in [-0.25, -0.2) is 0 Å². The number of rotatable bonds is 8. The van der Waals surface area contributed by atoms with Gasteiger partial charge in [-0.1, -0.05) is 20.8 Å². The van der Waals surface area contributed by atoms with E-state index in [1.807, 2.05) is 0 Å². The molecule has 0 aromatic heterocycles. The van der Waals surface area contributed by atoms with Crippen LogP contribution in [0.1, 0.15) is 27.2 Å². The van der Waals surface area contributed by atoms with Crippen molar-refractivity contribution < 1.29 is 24.5 Å². The van der Waals surface area contributed by atoms with Gasteiger partial charge in [0.25, 0.3) is 0 Å². The first-order valence-electron chi connectivity index (χ1n) is 5.99. The summed E-state index contributed by atoms with van der Waals surface area (Å²) < 4.78 is 5.09. The van der Waals surface area contributed by atoms with Gasteiger partial charge in [0, 0.05) is 18.5 Å². The first-order valence-corrected chi connectivity index (χ1v) is 5.99. The number of aliphatic hydroxyl groups excluding tert-OH is 1. The van der Waals surface area contributed by atoms with Crippen LogP contribution in [0.25, 0.3) is 0 Å². The fraction of sp³-hybridized carbons (Fsp3) is 0.833. The van der Waals surface area contributed by atoms with E-state index in [1.54, 1.807) is 20.8 Å². The van der Waals surface area contributed by atoms with Crippen molar-refractivity contribution in [1.29, 1.82) is 0 Å². The topological polar surface area (TPSA) is 87.1 Å². The van der Waals surface area contributed by atoms with Gasteiger partial charge in [0.15, 0.2) is 0 Å². The van der Waals surface area contributed by atoms with Gasteiger partial charge in [-0.15, -0.1) is 0 Å². The Morgan fingerprint density at radius 1 is 1.17 bits per heavy atom. The molecule has 0 aliphatic carbocycles. The minimum atomic E-state index is -0.932. The predicted octanol–water partition coefficient (Wildman–Crippen LogP) is 0.345. The van der Waals surface area contributed by atoms with Gasteiger partial charge in [0.1, 0.15) is 0 Å². The maximum atomic E-state index is 12.1. The number of carbonyl (C=O) groups excluding carboxylic acids is 1. The standard InChI is InChI=1S/C12H23NO5/c1-12(2,3)11(17)13(5-4-10(15)16)6-8-18-9-7-14/h14H,4-9H2,1-3H3,(H,15,16). The van der Waals surface area contributed by atoms with E-state index in [2.05, 4.69) is 0 Å². The molecule has 106 valence electrons. The Hall–Kier alpha value is -1.14. The zero-order chi connectivity index (χ0) is 14.2. The molecule has 0 bridgehead atoms. The largest absolute Gasteiger partial charge is 0.481 e. The molecule has 0 atom stereocenters. The van der Waals surface area contributed by atoms with Crippen molar-refractivity contribution in [2.45, 2.75) is 27.2 Å². The highest BCUT2D eigenvalue weighted by molar-refractivity contribution is 5.82. The average molecular weight is 261 g/mol. The summed E-state index contributed by atoms with van der Waals surface area (Å²) in [6.45, 7) is 6.32. The second-order valence-corrected chi connectivity index (χ2v) is 5.02. The molecule has 0 saturated carbocycles. The predicted molar refractivity (Wildman–Crippen MR) is 66.2 cm³/mol. The van der Waals surface area contributed by atoms with Crippen LogP contribution >= 0.6 is 0 Å². The SMILES string of the molecule is CC(C)(C)C(=O)N(CCOCCO)CCC(=O)O. The van der Waals surface area contributed by atoms with Crippen molar-refractivity contribution in [3.8, 4) is 0 Å². The molecule has 0 radical (unpaired) electrons. The van der Waals surface area contributed by atoms with Crippen molar-refractivity contribution in [1.82, 2.24) is 4.90 Å². The molecule has 0 aliphatic rings. The summed E-state index contributed by atoms with van der Waals surface area (Å²) in [6, 6.07) is 0. The average Bonchev–Trinajstić information content (AvgIpc) is 2.25. The van der Waals surface area contributed by atoms with Crippen LogP contribution in [0.15, 0.2) is 0 Å². The molecule has 0 spiro atoms. The van der Waals surface area contributed by atoms with Gasteiger partial charge in [-0.2, -0.15) is 0 Å². The second-order valence-electron chi connectivity index (χ2n) is 5.02. The lowest BCUT2D eigenvalue weighted by atomic mass is 9.94. The molecule has 6 heteroatoms. The van der Waals surface area contributed by atoms with Crippen molar-refractivity contribution in [3.63, 3.8) is 0 Å². The van der Waals surface area contributed by atoms with Crippen LogP contribution in [0, 0.1) is 5.41 Å². The molecule has 0 rings (SSSR count). The lowest BCUT2D eigenvalue weighted by Crippen LogP contribution is -2.42. The van der Waals surface area contributed by atoms with Crippen LogP contribution in [-0.4, -0.2) is 59.9 Å².